The van der Waals surface area contributed by atoms with E-state index in [9.17, 15) is 5.11 Å². The fraction of sp³-hybridized carbons (Fsp3) is 0.647. The normalized spacial score (nSPS) is 30.3. The van der Waals surface area contributed by atoms with Crippen molar-refractivity contribution in [2.45, 2.75) is 65.6 Å². The highest BCUT2D eigenvalue weighted by Crippen LogP contribution is 2.46. The van der Waals surface area contributed by atoms with Gasteiger partial charge >= 0.3 is 0 Å². The summed E-state index contributed by atoms with van der Waals surface area (Å²) in [5.74, 6) is 1.44. The Morgan fingerprint density at radius 2 is 2.11 bits per heavy atom. The van der Waals surface area contributed by atoms with E-state index in [-0.39, 0.29) is 17.6 Å². The molecule has 0 heterocycles. The molecule has 0 aromatic heterocycles. The van der Waals surface area contributed by atoms with Gasteiger partial charge in [0.15, 0.2) is 0 Å². The molecule has 1 fully saturated rings. The van der Waals surface area contributed by atoms with E-state index in [0.717, 1.165) is 18.6 Å². The number of aliphatic hydroxyl groups excluding tert-OH is 1. The Hall–Kier alpha value is -1.02. The molecule has 3 atom stereocenters. The zero-order valence-corrected chi connectivity index (χ0v) is 12.7. The maximum Gasteiger partial charge on any atom is 0.123 e. The molecule has 0 spiro atoms. The predicted molar refractivity (Wildman–Crippen MR) is 78.7 cm³/mol. The van der Waals surface area contributed by atoms with Crippen LogP contribution in [0.25, 0.3) is 0 Å². The predicted octanol–water partition coefficient (Wildman–Crippen LogP) is 4.05. The first-order valence-electron chi connectivity index (χ1n) is 7.33. The van der Waals surface area contributed by atoms with Gasteiger partial charge in [0.1, 0.15) is 11.9 Å². The van der Waals surface area contributed by atoms with Gasteiger partial charge in [0.2, 0.25) is 0 Å². The average Bonchev–Trinajstić information content (AvgIpc) is 2.37. The standard InChI is InChI=1S/C17H26O2/c1-6-17(5)15(18)10-16(17)19-14-9-12(4)7-8-13(14)11(2)3/h7-9,11,15-16,18H,6,10H2,1-5H3. The summed E-state index contributed by atoms with van der Waals surface area (Å²) in [6.45, 7) is 10.7. The highest BCUT2D eigenvalue weighted by Gasteiger charge is 2.51. The third-order valence-electron chi connectivity index (χ3n) is 4.76. The number of aryl methyl sites for hydroxylation is 1. The largest absolute Gasteiger partial charge is 0.489 e. The van der Waals surface area contributed by atoms with E-state index < -0.39 is 0 Å². The molecule has 3 unspecified atom stereocenters. The van der Waals surface area contributed by atoms with Gasteiger partial charge in [-0.15, -0.1) is 0 Å². The van der Waals surface area contributed by atoms with Gasteiger partial charge in [-0.25, -0.2) is 0 Å². The first-order chi connectivity index (χ1) is 8.88. The molecule has 1 aromatic carbocycles. The van der Waals surface area contributed by atoms with Gasteiger partial charge in [0.25, 0.3) is 0 Å². The molecule has 0 aliphatic heterocycles. The van der Waals surface area contributed by atoms with Crippen LogP contribution in [-0.2, 0) is 0 Å². The van der Waals surface area contributed by atoms with Crippen molar-refractivity contribution in [2.24, 2.45) is 5.41 Å². The topological polar surface area (TPSA) is 29.5 Å². The molecule has 0 radical (unpaired) electrons. The van der Waals surface area contributed by atoms with Crippen LogP contribution in [0, 0.1) is 12.3 Å². The fourth-order valence-corrected chi connectivity index (χ4v) is 2.82. The molecule has 0 bridgehead atoms. The SMILES string of the molecule is CCC1(C)C(O)CC1Oc1cc(C)ccc1C(C)C. The van der Waals surface area contributed by atoms with E-state index >= 15 is 0 Å². The lowest BCUT2D eigenvalue weighted by atomic mass is 9.63. The molecule has 0 saturated heterocycles. The summed E-state index contributed by atoms with van der Waals surface area (Å²) in [7, 11) is 0. The van der Waals surface area contributed by atoms with E-state index in [4.69, 9.17) is 4.74 Å². The third kappa shape index (κ3) is 2.51. The van der Waals surface area contributed by atoms with Crippen LogP contribution in [0.2, 0.25) is 0 Å². The number of rotatable bonds is 4. The van der Waals surface area contributed by atoms with Crippen molar-refractivity contribution in [1.29, 1.82) is 0 Å². The van der Waals surface area contributed by atoms with Gasteiger partial charge in [-0.1, -0.05) is 39.8 Å². The molecule has 1 N–H and O–H groups in total. The van der Waals surface area contributed by atoms with Crippen molar-refractivity contribution in [1.82, 2.24) is 0 Å². The summed E-state index contributed by atoms with van der Waals surface area (Å²) in [5, 5.41) is 9.97. The quantitative estimate of drug-likeness (QED) is 0.887. The first kappa shape index (κ1) is 14.4. The second-order valence-corrected chi connectivity index (χ2v) is 6.41. The molecule has 19 heavy (non-hydrogen) atoms. The lowest BCUT2D eigenvalue weighted by molar-refractivity contribution is -0.147. The molecule has 106 valence electrons. The summed E-state index contributed by atoms with van der Waals surface area (Å²) in [5.41, 5.74) is 2.38. The van der Waals surface area contributed by atoms with Crippen LogP contribution in [0.5, 0.6) is 5.75 Å². The van der Waals surface area contributed by atoms with E-state index in [1.165, 1.54) is 11.1 Å². The van der Waals surface area contributed by atoms with Gasteiger partial charge in [-0.2, -0.15) is 0 Å². The minimum atomic E-state index is -0.227. The second kappa shape index (κ2) is 5.16. The molecular formula is C17H26O2. The van der Waals surface area contributed by atoms with Crippen LogP contribution in [0.4, 0.5) is 0 Å². The van der Waals surface area contributed by atoms with Gasteiger partial charge in [-0.05, 0) is 36.5 Å². The van der Waals surface area contributed by atoms with Crippen molar-refractivity contribution in [3.63, 3.8) is 0 Å². The Morgan fingerprint density at radius 1 is 1.42 bits per heavy atom. The van der Waals surface area contributed by atoms with Crippen LogP contribution in [-0.4, -0.2) is 17.3 Å². The highest BCUT2D eigenvalue weighted by atomic mass is 16.5. The molecule has 1 aliphatic carbocycles. The molecule has 1 aromatic rings. The summed E-state index contributed by atoms with van der Waals surface area (Å²) >= 11 is 0. The van der Waals surface area contributed by atoms with Crippen molar-refractivity contribution >= 4 is 0 Å². The molecule has 0 amide bonds. The Bertz CT molecular complexity index is 453. The lowest BCUT2D eigenvalue weighted by Gasteiger charge is -2.50. The molecule has 2 heteroatoms. The van der Waals surface area contributed by atoms with Gasteiger partial charge in [-0.3, -0.25) is 0 Å². The Balaban J connectivity index is 2.22. The molecule has 2 rings (SSSR count). The lowest BCUT2D eigenvalue weighted by Crippen LogP contribution is -2.57. The van der Waals surface area contributed by atoms with E-state index in [2.05, 4.69) is 52.8 Å². The number of ether oxygens (including phenoxy) is 1. The second-order valence-electron chi connectivity index (χ2n) is 6.41. The van der Waals surface area contributed by atoms with Crippen LogP contribution in [0.3, 0.4) is 0 Å². The number of benzene rings is 1. The zero-order valence-electron chi connectivity index (χ0n) is 12.7. The Morgan fingerprint density at radius 3 is 2.63 bits per heavy atom. The molecule has 1 saturated carbocycles. The minimum absolute atomic E-state index is 0.0992. The van der Waals surface area contributed by atoms with Crippen LogP contribution >= 0.6 is 0 Å². The smallest absolute Gasteiger partial charge is 0.123 e. The number of hydrogen-bond donors (Lipinski definition) is 1. The van der Waals surface area contributed by atoms with Crippen LogP contribution < -0.4 is 4.74 Å². The van der Waals surface area contributed by atoms with Crippen LogP contribution in [0.1, 0.15) is 57.6 Å². The van der Waals surface area contributed by atoms with Crippen molar-refractivity contribution in [3.8, 4) is 5.75 Å². The Kier molecular flexibility index (Phi) is 3.91. The maximum absolute atomic E-state index is 9.97. The number of aliphatic hydroxyl groups is 1. The Labute approximate surface area is 116 Å². The van der Waals surface area contributed by atoms with Crippen molar-refractivity contribution in [3.05, 3.63) is 29.3 Å². The monoisotopic (exact) mass is 262 g/mol. The summed E-state index contributed by atoms with van der Waals surface area (Å²) < 4.78 is 6.24. The van der Waals surface area contributed by atoms with E-state index in [1.807, 2.05) is 0 Å². The summed E-state index contributed by atoms with van der Waals surface area (Å²) in [6, 6.07) is 6.42. The number of hydrogen-bond acceptors (Lipinski definition) is 2. The van der Waals surface area contributed by atoms with Gasteiger partial charge in [0.05, 0.1) is 6.10 Å². The van der Waals surface area contributed by atoms with Crippen LogP contribution in [0.15, 0.2) is 18.2 Å². The molecule has 1 aliphatic rings. The van der Waals surface area contributed by atoms with Crippen molar-refractivity contribution in [2.75, 3.05) is 0 Å². The molecule has 2 nitrogen and oxygen atoms in total. The summed E-state index contributed by atoms with van der Waals surface area (Å²) in [6.07, 6.45) is 1.60. The van der Waals surface area contributed by atoms with Crippen molar-refractivity contribution < 1.29 is 9.84 Å². The minimum Gasteiger partial charge on any atom is -0.489 e. The third-order valence-corrected chi connectivity index (χ3v) is 4.76. The van der Waals surface area contributed by atoms with Gasteiger partial charge in [0, 0.05) is 11.8 Å². The summed E-state index contributed by atoms with van der Waals surface area (Å²) in [4.78, 5) is 0. The molecular weight excluding hydrogens is 236 g/mol. The highest BCUT2D eigenvalue weighted by molar-refractivity contribution is 5.39. The van der Waals surface area contributed by atoms with Gasteiger partial charge < -0.3 is 9.84 Å². The maximum atomic E-state index is 9.97. The average molecular weight is 262 g/mol. The fourth-order valence-electron chi connectivity index (χ4n) is 2.82. The van der Waals surface area contributed by atoms with E-state index in [0.29, 0.717) is 5.92 Å². The first-order valence-corrected chi connectivity index (χ1v) is 7.33. The zero-order chi connectivity index (χ0) is 14.2. The van der Waals surface area contributed by atoms with E-state index in [1.54, 1.807) is 0 Å².